The van der Waals surface area contributed by atoms with Crippen molar-refractivity contribution in [3.05, 3.63) is 0 Å². The lowest BCUT2D eigenvalue weighted by molar-refractivity contribution is 0.289. The second-order valence-electron chi connectivity index (χ2n) is 3.92. The monoisotopic (exact) mass is 250 g/mol. The van der Waals surface area contributed by atoms with Gasteiger partial charge in [-0.2, -0.15) is 0 Å². The highest BCUT2D eigenvalue weighted by Crippen LogP contribution is 1.90. The van der Waals surface area contributed by atoms with Crippen LogP contribution < -0.4 is 5.32 Å². The van der Waals surface area contributed by atoms with E-state index in [1.165, 1.54) is 0 Å². The molecule has 0 aromatic heterocycles. The van der Waals surface area contributed by atoms with Crippen LogP contribution in [0.25, 0.3) is 0 Å². The van der Waals surface area contributed by atoms with E-state index in [0.717, 1.165) is 32.6 Å². The van der Waals surface area contributed by atoms with Crippen LogP contribution in [-0.2, 0) is 9.84 Å². The third-order valence-electron chi connectivity index (χ3n) is 2.62. The first-order valence-corrected chi connectivity index (χ1v) is 8.01. The van der Waals surface area contributed by atoms with E-state index in [2.05, 4.69) is 24.1 Å². The van der Waals surface area contributed by atoms with Crippen LogP contribution in [0.1, 0.15) is 27.2 Å². The maximum Gasteiger partial charge on any atom is 0.151 e. The lowest BCUT2D eigenvalue weighted by Crippen LogP contribution is -2.34. The molecule has 0 aliphatic carbocycles. The molecule has 0 spiro atoms. The van der Waals surface area contributed by atoms with Crippen LogP contribution in [0.4, 0.5) is 0 Å². The fourth-order valence-corrected chi connectivity index (χ4v) is 2.22. The molecule has 0 unspecified atom stereocenters. The Balaban J connectivity index is 3.52. The summed E-state index contributed by atoms with van der Waals surface area (Å²) in [5.74, 6) is 0.495. The minimum absolute atomic E-state index is 0.242. The normalized spacial score (nSPS) is 12.2. The van der Waals surface area contributed by atoms with Gasteiger partial charge in [0.05, 0.1) is 5.75 Å². The first kappa shape index (κ1) is 15.9. The van der Waals surface area contributed by atoms with Gasteiger partial charge in [0.15, 0.2) is 9.84 Å². The molecule has 5 heteroatoms. The van der Waals surface area contributed by atoms with Crippen LogP contribution in [0.2, 0.25) is 0 Å². The van der Waals surface area contributed by atoms with Gasteiger partial charge in [0.1, 0.15) is 0 Å². The summed E-state index contributed by atoms with van der Waals surface area (Å²) in [5.41, 5.74) is 0. The summed E-state index contributed by atoms with van der Waals surface area (Å²) >= 11 is 0. The molecule has 4 nitrogen and oxygen atoms in total. The first-order chi connectivity index (χ1) is 7.55. The summed E-state index contributed by atoms with van der Waals surface area (Å²) in [5, 5.41) is 3.18. The van der Waals surface area contributed by atoms with Gasteiger partial charge in [0, 0.05) is 25.4 Å². The number of rotatable bonds is 10. The second-order valence-corrected chi connectivity index (χ2v) is 6.39. The molecule has 0 fully saturated rings. The summed E-state index contributed by atoms with van der Waals surface area (Å²) < 4.78 is 22.4. The summed E-state index contributed by atoms with van der Waals surface area (Å²) in [4.78, 5) is 2.36. The van der Waals surface area contributed by atoms with Crippen molar-refractivity contribution in [1.82, 2.24) is 10.2 Å². The number of hydrogen-bond acceptors (Lipinski definition) is 4. The molecule has 98 valence electrons. The summed E-state index contributed by atoms with van der Waals surface area (Å²) in [6.07, 6.45) is 1.16. The average Bonchev–Trinajstić information content (AvgIpc) is 2.27. The Kier molecular flexibility index (Phi) is 8.89. The van der Waals surface area contributed by atoms with E-state index >= 15 is 0 Å². The summed E-state index contributed by atoms with van der Waals surface area (Å²) in [6.45, 7) is 10.6. The molecule has 0 atom stereocenters. The molecule has 1 N–H and O–H groups in total. The second kappa shape index (κ2) is 8.96. The standard InChI is InChI=1S/C11H26N2O2S/c1-4-9-13(5-2)10-7-12-8-11-16(14,15)6-3/h12H,4-11H2,1-3H3. The van der Waals surface area contributed by atoms with Crippen molar-refractivity contribution in [2.75, 3.05) is 44.2 Å². The molecular weight excluding hydrogens is 224 g/mol. The predicted molar refractivity (Wildman–Crippen MR) is 69.6 cm³/mol. The zero-order chi connectivity index (χ0) is 12.4. The van der Waals surface area contributed by atoms with Crippen LogP contribution in [-0.4, -0.2) is 57.5 Å². The molecule has 0 saturated heterocycles. The molecular formula is C11H26N2O2S. The van der Waals surface area contributed by atoms with Crippen LogP contribution in [0, 0.1) is 0 Å². The maximum atomic E-state index is 11.2. The molecule has 0 rings (SSSR count). The molecule has 0 aliphatic rings. The van der Waals surface area contributed by atoms with Gasteiger partial charge in [0.2, 0.25) is 0 Å². The van der Waals surface area contributed by atoms with Crippen LogP contribution >= 0.6 is 0 Å². The Morgan fingerprint density at radius 1 is 1.06 bits per heavy atom. The Hall–Kier alpha value is -0.130. The largest absolute Gasteiger partial charge is 0.314 e. The maximum absolute atomic E-state index is 11.2. The zero-order valence-corrected chi connectivity index (χ0v) is 11.6. The molecule has 0 heterocycles. The van der Waals surface area contributed by atoms with Crippen molar-refractivity contribution in [3.8, 4) is 0 Å². The van der Waals surface area contributed by atoms with Gasteiger partial charge in [0.25, 0.3) is 0 Å². The van der Waals surface area contributed by atoms with E-state index in [0.29, 0.717) is 6.54 Å². The molecule has 0 saturated carbocycles. The molecule has 0 amide bonds. The highest BCUT2D eigenvalue weighted by Gasteiger charge is 2.06. The number of nitrogens with one attached hydrogen (secondary N) is 1. The average molecular weight is 250 g/mol. The topological polar surface area (TPSA) is 49.4 Å². The number of sulfone groups is 1. The van der Waals surface area contributed by atoms with Crippen molar-refractivity contribution in [2.24, 2.45) is 0 Å². The minimum Gasteiger partial charge on any atom is -0.314 e. The van der Waals surface area contributed by atoms with Gasteiger partial charge in [-0.3, -0.25) is 0 Å². The van der Waals surface area contributed by atoms with Crippen LogP contribution in [0.15, 0.2) is 0 Å². The molecule has 0 radical (unpaired) electrons. The minimum atomic E-state index is -2.81. The Morgan fingerprint density at radius 3 is 2.25 bits per heavy atom. The van der Waals surface area contributed by atoms with Gasteiger partial charge in [-0.15, -0.1) is 0 Å². The third-order valence-corrected chi connectivity index (χ3v) is 4.33. The van der Waals surface area contributed by atoms with Crippen molar-refractivity contribution in [2.45, 2.75) is 27.2 Å². The van der Waals surface area contributed by atoms with Crippen molar-refractivity contribution in [3.63, 3.8) is 0 Å². The first-order valence-electron chi connectivity index (χ1n) is 6.19. The lowest BCUT2D eigenvalue weighted by atomic mass is 10.4. The summed E-state index contributed by atoms with van der Waals surface area (Å²) in [7, 11) is -2.81. The highest BCUT2D eigenvalue weighted by molar-refractivity contribution is 7.91. The van der Waals surface area contributed by atoms with Crippen LogP contribution in [0.3, 0.4) is 0 Å². The van der Waals surface area contributed by atoms with E-state index in [1.807, 2.05) is 0 Å². The molecule has 0 aromatic rings. The van der Waals surface area contributed by atoms with Crippen molar-refractivity contribution < 1.29 is 8.42 Å². The Bertz CT molecular complexity index is 253. The predicted octanol–water partition coefficient (Wildman–Crippen LogP) is 0.743. The van der Waals surface area contributed by atoms with Gasteiger partial charge in [-0.25, -0.2) is 8.42 Å². The molecule has 0 aliphatic heterocycles. The Morgan fingerprint density at radius 2 is 1.75 bits per heavy atom. The third kappa shape index (κ3) is 8.07. The number of nitrogens with zero attached hydrogens (tertiary/aromatic N) is 1. The van der Waals surface area contributed by atoms with E-state index < -0.39 is 9.84 Å². The smallest absolute Gasteiger partial charge is 0.151 e. The molecule has 16 heavy (non-hydrogen) atoms. The van der Waals surface area contributed by atoms with Gasteiger partial charge in [-0.05, 0) is 19.5 Å². The fourth-order valence-electron chi connectivity index (χ4n) is 1.48. The van der Waals surface area contributed by atoms with Gasteiger partial charge in [-0.1, -0.05) is 20.8 Å². The number of hydrogen-bond donors (Lipinski definition) is 1. The van der Waals surface area contributed by atoms with E-state index in [1.54, 1.807) is 6.92 Å². The van der Waals surface area contributed by atoms with Crippen molar-refractivity contribution >= 4 is 9.84 Å². The van der Waals surface area contributed by atoms with E-state index in [4.69, 9.17) is 0 Å². The van der Waals surface area contributed by atoms with Crippen molar-refractivity contribution in [1.29, 1.82) is 0 Å². The van der Waals surface area contributed by atoms with E-state index in [9.17, 15) is 8.42 Å². The Labute approximate surface area is 100 Å². The number of likely N-dealkylation sites (N-methyl/N-ethyl adjacent to an activating group) is 1. The van der Waals surface area contributed by atoms with E-state index in [-0.39, 0.29) is 11.5 Å². The quantitative estimate of drug-likeness (QED) is 0.581. The fraction of sp³-hybridized carbons (Fsp3) is 1.00. The molecule has 0 aromatic carbocycles. The summed E-state index contributed by atoms with van der Waals surface area (Å²) in [6, 6.07) is 0. The zero-order valence-electron chi connectivity index (χ0n) is 10.8. The molecule has 0 bridgehead atoms. The SMILES string of the molecule is CCCN(CC)CCNCCS(=O)(=O)CC. The van der Waals surface area contributed by atoms with Crippen LogP contribution in [0.5, 0.6) is 0 Å². The van der Waals surface area contributed by atoms with Gasteiger partial charge >= 0.3 is 0 Å². The van der Waals surface area contributed by atoms with Gasteiger partial charge < -0.3 is 10.2 Å². The lowest BCUT2D eigenvalue weighted by Gasteiger charge is -2.19. The highest BCUT2D eigenvalue weighted by atomic mass is 32.2.